The number of esters is 1. The van der Waals surface area contributed by atoms with Crippen LogP contribution in [-0.2, 0) is 19.4 Å². The van der Waals surface area contributed by atoms with E-state index in [1.54, 1.807) is 6.92 Å². The number of halogens is 2. The maximum atomic E-state index is 13.7. The average Bonchev–Trinajstić information content (AvgIpc) is 2.89. The Balaban J connectivity index is 2.08. The van der Waals surface area contributed by atoms with E-state index in [2.05, 4.69) is 0 Å². The summed E-state index contributed by atoms with van der Waals surface area (Å²) in [6, 6.07) is 3.01. The van der Waals surface area contributed by atoms with E-state index < -0.39 is 39.7 Å². The van der Waals surface area contributed by atoms with E-state index in [-0.39, 0.29) is 28.6 Å². The van der Waals surface area contributed by atoms with Crippen LogP contribution in [0.4, 0.5) is 4.39 Å². The number of hydrogen-bond acceptors (Lipinski definition) is 5. The molecule has 0 spiro atoms. The van der Waals surface area contributed by atoms with Crippen molar-refractivity contribution in [2.45, 2.75) is 32.4 Å². The van der Waals surface area contributed by atoms with Crippen molar-refractivity contribution >= 4 is 33.3 Å². The lowest BCUT2D eigenvalue weighted by atomic mass is 10.2. The highest BCUT2D eigenvalue weighted by atomic mass is 35.5. The van der Waals surface area contributed by atoms with Gasteiger partial charge in [0.2, 0.25) is 0 Å². The summed E-state index contributed by atoms with van der Waals surface area (Å²) in [5.74, 6) is -2.39. The molecule has 1 heterocycles. The quantitative estimate of drug-likeness (QED) is 0.718. The van der Waals surface area contributed by atoms with E-state index in [4.69, 9.17) is 16.3 Å². The van der Waals surface area contributed by atoms with E-state index in [1.165, 1.54) is 17.9 Å². The molecular formula is C16H19ClFNO5S. The zero-order chi connectivity index (χ0) is 18.8. The summed E-state index contributed by atoms with van der Waals surface area (Å²) in [7, 11) is -3.15. The number of carbonyl (C=O) groups is 2. The van der Waals surface area contributed by atoms with Crippen molar-refractivity contribution in [3.63, 3.8) is 0 Å². The van der Waals surface area contributed by atoms with Crippen molar-refractivity contribution in [3.8, 4) is 0 Å². The SMILES string of the molecule is CCN(C(=O)[C@@H](C)OC(=O)c1cc(Cl)ccc1F)[C@@H]1CCS(=O)(=O)C1. The van der Waals surface area contributed by atoms with Gasteiger partial charge in [0.1, 0.15) is 5.82 Å². The van der Waals surface area contributed by atoms with Gasteiger partial charge in [0.05, 0.1) is 17.1 Å². The molecule has 0 aliphatic carbocycles. The van der Waals surface area contributed by atoms with Gasteiger partial charge in [-0.1, -0.05) is 11.6 Å². The minimum absolute atomic E-state index is 0.0311. The zero-order valence-electron chi connectivity index (χ0n) is 13.9. The monoisotopic (exact) mass is 391 g/mol. The molecule has 1 aromatic carbocycles. The van der Waals surface area contributed by atoms with Gasteiger partial charge < -0.3 is 9.64 Å². The number of likely N-dealkylation sites (N-methyl/N-ethyl adjacent to an activating group) is 1. The summed E-state index contributed by atoms with van der Waals surface area (Å²) < 4.78 is 42.0. The molecule has 138 valence electrons. The predicted molar refractivity (Wildman–Crippen MR) is 90.7 cm³/mol. The van der Waals surface area contributed by atoms with Gasteiger partial charge in [0.25, 0.3) is 5.91 Å². The summed E-state index contributed by atoms with van der Waals surface area (Å²) in [6.07, 6.45) is -0.819. The normalized spacial score (nSPS) is 20.1. The van der Waals surface area contributed by atoms with Gasteiger partial charge >= 0.3 is 5.97 Å². The van der Waals surface area contributed by atoms with E-state index in [1.807, 2.05) is 0 Å². The van der Waals surface area contributed by atoms with Crippen LogP contribution in [0, 0.1) is 5.82 Å². The molecule has 0 saturated carbocycles. The summed E-state index contributed by atoms with van der Waals surface area (Å²) in [5.41, 5.74) is -0.362. The topological polar surface area (TPSA) is 80.8 Å². The highest BCUT2D eigenvalue weighted by Crippen LogP contribution is 2.20. The van der Waals surface area contributed by atoms with Gasteiger partial charge in [-0.25, -0.2) is 17.6 Å². The van der Waals surface area contributed by atoms with Gasteiger partial charge in [0.15, 0.2) is 15.9 Å². The molecule has 25 heavy (non-hydrogen) atoms. The molecule has 2 atom stereocenters. The van der Waals surface area contributed by atoms with Gasteiger partial charge in [-0.2, -0.15) is 0 Å². The first-order chi connectivity index (χ1) is 11.6. The van der Waals surface area contributed by atoms with Crippen LogP contribution in [0.5, 0.6) is 0 Å². The molecule has 1 amide bonds. The van der Waals surface area contributed by atoms with Crippen molar-refractivity contribution < 1.29 is 27.1 Å². The Labute approximate surface area is 150 Å². The summed E-state index contributed by atoms with van der Waals surface area (Å²) in [5, 5.41) is 0.165. The van der Waals surface area contributed by atoms with Crippen LogP contribution >= 0.6 is 11.6 Å². The number of nitrogens with zero attached hydrogens (tertiary/aromatic N) is 1. The largest absolute Gasteiger partial charge is 0.449 e. The Bertz CT molecular complexity index is 783. The number of rotatable bonds is 5. The van der Waals surface area contributed by atoms with E-state index in [0.717, 1.165) is 12.1 Å². The molecule has 2 rings (SSSR count). The molecule has 0 unspecified atom stereocenters. The molecular weight excluding hydrogens is 373 g/mol. The molecule has 0 bridgehead atoms. The zero-order valence-corrected chi connectivity index (χ0v) is 15.4. The molecule has 1 fully saturated rings. The number of hydrogen-bond donors (Lipinski definition) is 0. The Morgan fingerprint density at radius 2 is 2.12 bits per heavy atom. The van der Waals surface area contributed by atoms with Gasteiger partial charge in [-0.3, -0.25) is 4.79 Å². The first kappa shape index (κ1) is 19.7. The first-order valence-electron chi connectivity index (χ1n) is 7.81. The Morgan fingerprint density at radius 1 is 1.44 bits per heavy atom. The van der Waals surface area contributed by atoms with Crippen LogP contribution in [0.2, 0.25) is 5.02 Å². The molecule has 1 aromatic rings. The maximum Gasteiger partial charge on any atom is 0.341 e. The fraction of sp³-hybridized carbons (Fsp3) is 0.500. The van der Waals surface area contributed by atoms with Crippen LogP contribution < -0.4 is 0 Å². The van der Waals surface area contributed by atoms with Crippen molar-refractivity contribution in [2.75, 3.05) is 18.1 Å². The molecule has 0 radical (unpaired) electrons. The standard InChI is InChI=1S/C16H19ClFNO5S/c1-3-19(12-6-7-25(22,23)9-12)15(20)10(2)24-16(21)13-8-11(17)4-5-14(13)18/h4-5,8,10,12H,3,6-7,9H2,1-2H3/t10-,12-/m1/s1. The van der Waals surface area contributed by atoms with Crippen LogP contribution in [-0.4, -0.2) is 55.4 Å². The molecule has 0 aromatic heterocycles. The van der Waals surface area contributed by atoms with Crippen molar-refractivity contribution in [1.29, 1.82) is 0 Å². The van der Waals surface area contributed by atoms with Crippen molar-refractivity contribution in [2.24, 2.45) is 0 Å². The maximum absolute atomic E-state index is 13.7. The minimum atomic E-state index is -3.15. The van der Waals surface area contributed by atoms with Crippen LogP contribution in [0.15, 0.2) is 18.2 Å². The van der Waals surface area contributed by atoms with Crippen LogP contribution in [0.3, 0.4) is 0 Å². The summed E-state index contributed by atoms with van der Waals surface area (Å²) >= 11 is 5.74. The summed E-state index contributed by atoms with van der Waals surface area (Å²) in [4.78, 5) is 26.0. The number of benzene rings is 1. The third kappa shape index (κ3) is 4.70. The van der Waals surface area contributed by atoms with Crippen molar-refractivity contribution in [1.82, 2.24) is 4.90 Å². The minimum Gasteiger partial charge on any atom is -0.449 e. The fourth-order valence-corrected chi connectivity index (χ4v) is 4.68. The van der Waals surface area contributed by atoms with Crippen molar-refractivity contribution in [3.05, 3.63) is 34.6 Å². The number of amides is 1. The Morgan fingerprint density at radius 3 is 2.68 bits per heavy atom. The van der Waals surface area contributed by atoms with Gasteiger partial charge in [-0.05, 0) is 38.5 Å². The second-order valence-electron chi connectivity index (χ2n) is 5.85. The highest BCUT2D eigenvalue weighted by Gasteiger charge is 2.36. The Hall–Kier alpha value is -1.67. The third-order valence-electron chi connectivity index (χ3n) is 4.05. The molecule has 1 saturated heterocycles. The molecule has 1 aliphatic rings. The lowest BCUT2D eigenvalue weighted by Crippen LogP contribution is -2.46. The van der Waals surface area contributed by atoms with Gasteiger partial charge in [0, 0.05) is 17.6 Å². The lowest BCUT2D eigenvalue weighted by molar-refractivity contribution is -0.141. The molecule has 0 N–H and O–H groups in total. The predicted octanol–water partition coefficient (Wildman–Crippen LogP) is 2.06. The highest BCUT2D eigenvalue weighted by molar-refractivity contribution is 7.91. The van der Waals surface area contributed by atoms with E-state index >= 15 is 0 Å². The summed E-state index contributed by atoms with van der Waals surface area (Å²) in [6.45, 7) is 3.37. The fourth-order valence-electron chi connectivity index (χ4n) is 2.78. The Kier molecular flexibility index (Phi) is 6.05. The average molecular weight is 392 g/mol. The van der Waals surface area contributed by atoms with Crippen LogP contribution in [0.25, 0.3) is 0 Å². The lowest BCUT2D eigenvalue weighted by Gasteiger charge is -2.29. The molecule has 9 heteroatoms. The number of sulfone groups is 1. The third-order valence-corrected chi connectivity index (χ3v) is 6.04. The number of ether oxygens (including phenoxy) is 1. The van der Waals surface area contributed by atoms with E-state index in [0.29, 0.717) is 6.42 Å². The second kappa shape index (κ2) is 7.70. The van der Waals surface area contributed by atoms with Gasteiger partial charge in [-0.15, -0.1) is 0 Å². The van der Waals surface area contributed by atoms with Crippen LogP contribution in [0.1, 0.15) is 30.6 Å². The number of carbonyl (C=O) groups excluding carboxylic acids is 2. The first-order valence-corrected chi connectivity index (χ1v) is 10.0. The smallest absolute Gasteiger partial charge is 0.341 e. The second-order valence-corrected chi connectivity index (χ2v) is 8.52. The van der Waals surface area contributed by atoms with E-state index in [9.17, 15) is 22.4 Å². The molecule has 1 aliphatic heterocycles. The molecule has 6 nitrogen and oxygen atoms in total.